The van der Waals surface area contributed by atoms with Crippen molar-refractivity contribution in [2.45, 2.75) is 37.2 Å². The minimum absolute atomic E-state index is 0.0286. The molecule has 0 aliphatic heterocycles. The van der Waals surface area contributed by atoms with Gasteiger partial charge in [0.15, 0.2) is 0 Å². The molecule has 0 spiro atoms. The van der Waals surface area contributed by atoms with Crippen LogP contribution in [0.25, 0.3) is 0 Å². The third-order valence-corrected chi connectivity index (χ3v) is 6.48. The van der Waals surface area contributed by atoms with Crippen LogP contribution in [0.4, 0.5) is 0 Å². The molecule has 1 N–H and O–H groups in total. The Bertz CT molecular complexity index is 529. The lowest BCUT2D eigenvalue weighted by Crippen LogP contribution is -2.38. The first kappa shape index (κ1) is 18.5. The monoisotopic (exact) mass is 330 g/mol. The topological polar surface area (TPSA) is 49.4 Å². The molecular weight excluding hydrogens is 304 g/mol. The number of nitrogens with zero attached hydrogens (tertiary/aromatic N) is 1. The molecule has 0 radical (unpaired) electrons. The van der Waals surface area contributed by atoms with Gasteiger partial charge in [-0.15, -0.1) is 0 Å². The van der Waals surface area contributed by atoms with Crippen LogP contribution in [0.5, 0.6) is 0 Å². The Morgan fingerprint density at radius 2 is 1.86 bits per heavy atom. The van der Waals surface area contributed by atoms with Gasteiger partial charge in [0.25, 0.3) is 0 Å². The maximum Gasteiger partial charge on any atom is 0.243 e. The van der Waals surface area contributed by atoms with E-state index in [1.165, 1.54) is 4.31 Å². The SMILES string of the molecule is CCC(CSC)N(C)S(=O)(=O)c1ccc(C(C)NC)cc1. The number of sulfonamides is 1. The fraction of sp³-hybridized carbons (Fsp3) is 0.600. The minimum atomic E-state index is -3.42. The second-order valence-electron chi connectivity index (χ2n) is 5.12. The molecule has 0 heterocycles. The van der Waals surface area contributed by atoms with Gasteiger partial charge in [-0.25, -0.2) is 8.42 Å². The summed E-state index contributed by atoms with van der Waals surface area (Å²) < 4.78 is 26.8. The van der Waals surface area contributed by atoms with Crippen LogP contribution in [-0.4, -0.2) is 44.9 Å². The Labute approximate surface area is 133 Å². The predicted octanol–water partition coefficient (Wildman–Crippen LogP) is 2.73. The molecule has 0 saturated carbocycles. The molecule has 120 valence electrons. The second-order valence-corrected chi connectivity index (χ2v) is 8.03. The molecule has 0 fully saturated rings. The van der Waals surface area contributed by atoms with Crippen LogP contribution in [0.15, 0.2) is 29.2 Å². The summed E-state index contributed by atoms with van der Waals surface area (Å²) in [7, 11) is 0.135. The van der Waals surface area contributed by atoms with E-state index in [0.29, 0.717) is 4.90 Å². The zero-order chi connectivity index (χ0) is 16.0. The van der Waals surface area contributed by atoms with E-state index in [-0.39, 0.29) is 12.1 Å². The summed E-state index contributed by atoms with van der Waals surface area (Å²) in [6.45, 7) is 4.06. The van der Waals surface area contributed by atoms with E-state index in [1.54, 1.807) is 30.9 Å². The van der Waals surface area contributed by atoms with Gasteiger partial charge in [-0.05, 0) is 44.3 Å². The summed E-state index contributed by atoms with van der Waals surface area (Å²) in [6.07, 6.45) is 2.81. The highest BCUT2D eigenvalue weighted by molar-refractivity contribution is 7.98. The first-order valence-electron chi connectivity index (χ1n) is 7.12. The number of rotatable bonds is 8. The van der Waals surface area contributed by atoms with Gasteiger partial charge in [-0.2, -0.15) is 16.1 Å². The van der Waals surface area contributed by atoms with Gasteiger partial charge < -0.3 is 5.32 Å². The van der Waals surface area contributed by atoms with Gasteiger partial charge >= 0.3 is 0 Å². The predicted molar refractivity (Wildman–Crippen MR) is 91.3 cm³/mol. The maximum atomic E-state index is 12.7. The van der Waals surface area contributed by atoms with Crippen LogP contribution in [0, 0.1) is 0 Å². The van der Waals surface area contributed by atoms with Gasteiger partial charge in [0.05, 0.1) is 4.90 Å². The number of thioether (sulfide) groups is 1. The van der Waals surface area contributed by atoms with E-state index in [0.717, 1.165) is 17.7 Å². The molecule has 0 aliphatic carbocycles. The van der Waals surface area contributed by atoms with Crippen molar-refractivity contribution in [2.24, 2.45) is 0 Å². The van der Waals surface area contributed by atoms with E-state index >= 15 is 0 Å². The third-order valence-electron chi connectivity index (χ3n) is 3.83. The van der Waals surface area contributed by atoms with Crippen molar-refractivity contribution in [3.63, 3.8) is 0 Å². The van der Waals surface area contributed by atoms with Crippen LogP contribution < -0.4 is 5.32 Å². The van der Waals surface area contributed by atoms with E-state index in [1.807, 2.05) is 39.3 Å². The van der Waals surface area contributed by atoms with Crippen LogP contribution in [0.3, 0.4) is 0 Å². The Balaban J connectivity index is 3.01. The molecule has 21 heavy (non-hydrogen) atoms. The second kappa shape index (κ2) is 8.17. The quantitative estimate of drug-likeness (QED) is 0.796. The molecule has 6 heteroatoms. The largest absolute Gasteiger partial charge is 0.313 e. The fourth-order valence-corrected chi connectivity index (χ4v) is 4.50. The lowest BCUT2D eigenvalue weighted by molar-refractivity contribution is 0.385. The molecular formula is C15H26N2O2S2. The van der Waals surface area contributed by atoms with Crippen molar-refractivity contribution < 1.29 is 8.42 Å². The van der Waals surface area contributed by atoms with E-state index in [9.17, 15) is 8.42 Å². The lowest BCUT2D eigenvalue weighted by Gasteiger charge is -2.26. The van der Waals surface area contributed by atoms with E-state index in [2.05, 4.69) is 5.32 Å². The van der Waals surface area contributed by atoms with Crippen molar-refractivity contribution >= 4 is 21.8 Å². The number of hydrogen-bond acceptors (Lipinski definition) is 4. The average Bonchev–Trinajstić information content (AvgIpc) is 2.51. The fourth-order valence-electron chi connectivity index (χ4n) is 2.13. The highest BCUT2D eigenvalue weighted by Crippen LogP contribution is 2.21. The van der Waals surface area contributed by atoms with Gasteiger partial charge in [0.1, 0.15) is 0 Å². The number of benzene rings is 1. The van der Waals surface area contributed by atoms with Crippen LogP contribution in [-0.2, 0) is 10.0 Å². The Kier molecular flexibility index (Phi) is 7.20. The van der Waals surface area contributed by atoms with E-state index < -0.39 is 10.0 Å². The molecule has 2 unspecified atom stereocenters. The van der Waals surface area contributed by atoms with Crippen LogP contribution in [0.2, 0.25) is 0 Å². The highest BCUT2D eigenvalue weighted by Gasteiger charge is 2.26. The Hall–Kier alpha value is -0.560. The summed E-state index contributed by atoms with van der Waals surface area (Å²) in [5.41, 5.74) is 1.08. The van der Waals surface area contributed by atoms with Crippen molar-refractivity contribution in [3.8, 4) is 0 Å². The smallest absolute Gasteiger partial charge is 0.243 e. The normalized spacial score (nSPS) is 15.1. The first-order chi connectivity index (χ1) is 9.88. The summed E-state index contributed by atoms with van der Waals surface area (Å²) in [5.74, 6) is 0.807. The molecule has 0 amide bonds. The van der Waals surface area contributed by atoms with Gasteiger partial charge in [-0.3, -0.25) is 0 Å². The maximum absolute atomic E-state index is 12.7. The van der Waals surface area contributed by atoms with Gasteiger partial charge in [-0.1, -0.05) is 19.1 Å². The van der Waals surface area contributed by atoms with E-state index in [4.69, 9.17) is 0 Å². The first-order valence-corrected chi connectivity index (χ1v) is 9.96. The molecule has 2 atom stereocenters. The molecule has 1 rings (SSSR count). The van der Waals surface area contributed by atoms with Crippen molar-refractivity contribution in [1.29, 1.82) is 0 Å². The molecule has 1 aromatic rings. The average molecular weight is 331 g/mol. The molecule has 4 nitrogen and oxygen atoms in total. The summed E-state index contributed by atoms with van der Waals surface area (Å²) in [5, 5.41) is 3.14. The zero-order valence-electron chi connectivity index (χ0n) is 13.5. The minimum Gasteiger partial charge on any atom is -0.313 e. The number of nitrogens with one attached hydrogen (secondary N) is 1. The van der Waals surface area contributed by atoms with Crippen molar-refractivity contribution in [1.82, 2.24) is 9.62 Å². The van der Waals surface area contributed by atoms with Crippen LogP contribution >= 0.6 is 11.8 Å². The summed E-state index contributed by atoms with van der Waals surface area (Å²) in [6, 6.07) is 7.37. The number of hydrogen-bond donors (Lipinski definition) is 1. The lowest BCUT2D eigenvalue weighted by atomic mass is 10.1. The Morgan fingerprint density at radius 1 is 1.29 bits per heavy atom. The molecule has 0 saturated heterocycles. The van der Waals surface area contributed by atoms with Crippen molar-refractivity contribution in [3.05, 3.63) is 29.8 Å². The summed E-state index contributed by atoms with van der Waals surface area (Å²) >= 11 is 1.67. The van der Waals surface area contributed by atoms with Crippen LogP contribution in [0.1, 0.15) is 31.9 Å². The summed E-state index contributed by atoms with van der Waals surface area (Å²) in [4.78, 5) is 0.358. The molecule has 1 aromatic carbocycles. The highest BCUT2D eigenvalue weighted by atomic mass is 32.2. The standard InChI is InChI=1S/C15H26N2O2S2/c1-6-14(11-20-5)17(4)21(18,19)15-9-7-13(8-10-15)12(2)16-3/h7-10,12,14,16H,6,11H2,1-5H3. The van der Waals surface area contributed by atoms with Gasteiger partial charge in [0.2, 0.25) is 10.0 Å². The van der Waals surface area contributed by atoms with Crippen molar-refractivity contribution in [2.75, 3.05) is 26.1 Å². The zero-order valence-corrected chi connectivity index (χ0v) is 15.1. The molecule has 0 bridgehead atoms. The molecule has 0 aliphatic rings. The molecule has 0 aromatic heterocycles. The van der Waals surface area contributed by atoms with Gasteiger partial charge in [0, 0.05) is 24.9 Å². The third kappa shape index (κ3) is 4.45. The Morgan fingerprint density at radius 3 is 2.29 bits per heavy atom.